The van der Waals surface area contributed by atoms with Crippen molar-refractivity contribution in [2.75, 3.05) is 33.9 Å². The van der Waals surface area contributed by atoms with E-state index in [0.29, 0.717) is 35.9 Å². The number of rotatable bonds is 6. The SMILES string of the molecule is Cc1c(Cc2ccc(C(=O)NCC(=O)N(C)C)cc2)cc2c(=O)n([C@H]3CCOC[C@@H]3O)cnc2c1C. The Bertz CT molecular complexity index is 1350. The van der Waals surface area contributed by atoms with E-state index in [9.17, 15) is 19.5 Å². The van der Waals surface area contributed by atoms with Gasteiger partial charge in [0.05, 0.1) is 42.5 Å². The van der Waals surface area contributed by atoms with Crippen LogP contribution in [0.4, 0.5) is 0 Å². The number of fused-ring (bicyclic) bond motifs is 1. The predicted molar refractivity (Wildman–Crippen MR) is 136 cm³/mol. The standard InChI is InChI=1S/C27H32N4O5/c1-16-17(2)25-21(27(35)31(15-29-25)22-9-10-36-14-23(22)32)12-20(16)11-18-5-7-19(8-6-18)26(34)28-13-24(33)30(3)4/h5-8,12,15,22-23,32H,9-11,13-14H2,1-4H3,(H,28,34)/t22-,23-/m0/s1. The molecule has 9 heteroatoms. The van der Waals surface area contributed by atoms with Crippen LogP contribution in [0.5, 0.6) is 0 Å². The fraction of sp³-hybridized carbons (Fsp3) is 0.407. The van der Waals surface area contributed by atoms with Gasteiger partial charge in [-0.3, -0.25) is 19.0 Å². The molecule has 2 aromatic carbocycles. The molecule has 2 heterocycles. The van der Waals surface area contributed by atoms with Crippen LogP contribution in [-0.4, -0.2) is 71.3 Å². The molecule has 2 amide bonds. The highest BCUT2D eigenvalue weighted by atomic mass is 16.5. The van der Waals surface area contributed by atoms with Gasteiger partial charge in [0.15, 0.2) is 0 Å². The first kappa shape index (κ1) is 25.5. The fourth-order valence-corrected chi connectivity index (χ4v) is 4.48. The number of likely N-dealkylation sites (N-methyl/N-ethyl adjacent to an activating group) is 1. The molecule has 9 nitrogen and oxygen atoms in total. The molecule has 0 radical (unpaired) electrons. The van der Waals surface area contributed by atoms with E-state index >= 15 is 0 Å². The average molecular weight is 493 g/mol. The molecule has 2 N–H and O–H groups in total. The number of nitrogens with one attached hydrogen (secondary N) is 1. The van der Waals surface area contributed by atoms with Gasteiger partial charge in [0.2, 0.25) is 5.91 Å². The maximum absolute atomic E-state index is 13.4. The van der Waals surface area contributed by atoms with Gasteiger partial charge >= 0.3 is 0 Å². The third-order valence-electron chi connectivity index (χ3n) is 6.91. The zero-order valence-electron chi connectivity index (χ0n) is 21.1. The number of aliphatic hydroxyl groups is 1. The lowest BCUT2D eigenvalue weighted by Crippen LogP contribution is -2.39. The molecule has 1 aliphatic heterocycles. The van der Waals surface area contributed by atoms with E-state index in [4.69, 9.17) is 4.74 Å². The first-order valence-electron chi connectivity index (χ1n) is 12.0. The molecule has 1 aliphatic rings. The van der Waals surface area contributed by atoms with Crippen LogP contribution in [0.25, 0.3) is 10.9 Å². The van der Waals surface area contributed by atoms with Crippen molar-refractivity contribution in [1.29, 1.82) is 0 Å². The fourth-order valence-electron chi connectivity index (χ4n) is 4.48. The number of nitrogens with zero attached hydrogens (tertiary/aromatic N) is 3. The van der Waals surface area contributed by atoms with Crippen molar-refractivity contribution in [3.8, 4) is 0 Å². The summed E-state index contributed by atoms with van der Waals surface area (Å²) in [6, 6.07) is 8.75. The second kappa shape index (κ2) is 10.6. The molecule has 36 heavy (non-hydrogen) atoms. The van der Waals surface area contributed by atoms with Gasteiger partial charge in [-0.25, -0.2) is 4.98 Å². The number of hydrogen-bond donors (Lipinski definition) is 2. The minimum Gasteiger partial charge on any atom is -0.389 e. The predicted octanol–water partition coefficient (Wildman–Crippen LogP) is 1.74. The Morgan fingerprint density at radius 1 is 1.19 bits per heavy atom. The molecule has 0 bridgehead atoms. The Morgan fingerprint density at radius 3 is 2.58 bits per heavy atom. The van der Waals surface area contributed by atoms with Gasteiger partial charge in [0, 0.05) is 26.3 Å². The molecule has 0 aliphatic carbocycles. The molecule has 0 unspecified atom stereocenters. The molecule has 1 aromatic heterocycles. The van der Waals surface area contributed by atoms with Gasteiger partial charge in [-0.15, -0.1) is 0 Å². The monoisotopic (exact) mass is 492 g/mol. The Hall–Kier alpha value is -3.56. The lowest BCUT2D eigenvalue weighted by atomic mass is 9.94. The van der Waals surface area contributed by atoms with E-state index in [2.05, 4.69) is 10.3 Å². The number of aromatic nitrogens is 2. The number of aryl methyl sites for hydroxylation is 1. The zero-order chi connectivity index (χ0) is 26.0. The van der Waals surface area contributed by atoms with Gasteiger partial charge in [0.1, 0.15) is 0 Å². The van der Waals surface area contributed by atoms with Gasteiger partial charge < -0.3 is 20.1 Å². The van der Waals surface area contributed by atoms with Crippen molar-refractivity contribution >= 4 is 22.7 Å². The third kappa shape index (κ3) is 5.17. The normalized spacial score (nSPS) is 17.7. The highest BCUT2D eigenvalue weighted by molar-refractivity contribution is 5.96. The molecule has 1 fully saturated rings. The highest BCUT2D eigenvalue weighted by Gasteiger charge is 2.27. The van der Waals surface area contributed by atoms with Crippen molar-refractivity contribution in [2.45, 2.75) is 38.8 Å². The number of carbonyl (C=O) groups excluding carboxylic acids is 2. The van der Waals surface area contributed by atoms with Crippen LogP contribution in [0.3, 0.4) is 0 Å². The van der Waals surface area contributed by atoms with E-state index in [1.165, 1.54) is 15.8 Å². The molecule has 2 atom stereocenters. The van der Waals surface area contributed by atoms with Crippen LogP contribution >= 0.6 is 0 Å². The third-order valence-corrected chi connectivity index (χ3v) is 6.91. The van der Waals surface area contributed by atoms with Gasteiger partial charge in [-0.2, -0.15) is 0 Å². The molecule has 3 aromatic rings. The van der Waals surface area contributed by atoms with Crippen molar-refractivity contribution in [3.05, 3.63) is 74.8 Å². The summed E-state index contributed by atoms with van der Waals surface area (Å²) in [5.41, 5.74) is 4.95. The summed E-state index contributed by atoms with van der Waals surface area (Å²) in [4.78, 5) is 43.5. The first-order chi connectivity index (χ1) is 17.2. The molecule has 0 saturated carbocycles. The molecule has 0 spiro atoms. The Balaban J connectivity index is 1.59. The second-order valence-corrected chi connectivity index (χ2v) is 9.48. The number of hydrogen-bond acceptors (Lipinski definition) is 6. The van der Waals surface area contributed by atoms with Crippen LogP contribution in [0.1, 0.15) is 45.1 Å². The molecular formula is C27H32N4O5. The van der Waals surface area contributed by atoms with Crippen molar-refractivity contribution in [1.82, 2.24) is 19.8 Å². The zero-order valence-corrected chi connectivity index (χ0v) is 21.1. The molecular weight excluding hydrogens is 460 g/mol. The van der Waals surface area contributed by atoms with Crippen LogP contribution < -0.4 is 10.9 Å². The first-order valence-corrected chi connectivity index (χ1v) is 12.0. The van der Waals surface area contributed by atoms with Crippen LogP contribution in [0.2, 0.25) is 0 Å². The van der Waals surface area contributed by atoms with Crippen LogP contribution in [0, 0.1) is 13.8 Å². The van der Waals surface area contributed by atoms with E-state index in [1.54, 1.807) is 26.2 Å². The second-order valence-electron chi connectivity index (χ2n) is 9.48. The van der Waals surface area contributed by atoms with Gasteiger partial charge in [0.25, 0.3) is 11.5 Å². The Labute approximate surface area is 209 Å². The number of amides is 2. The summed E-state index contributed by atoms with van der Waals surface area (Å²) in [5.74, 6) is -0.488. The van der Waals surface area contributed by atoms with Gasteiger partial charge in [-0.05, 0) is 67.1 Å². The summed E-state index contributed by atoms with van der Waals surface area (Å²) >= 11 is 0. The maximum atomic E-state index is 13.4. The van der Waals surface area contributed by atoms with Crippen molar-refractivity contribution in [3.63, 3.8) is 0 Å². The largest absolute Gasteiger partial charge is 0.389 e. The lowest BCUT2D eigenvalue weighted by Gasteiger charge is -2.29. The molecule has 4 rings (SSSR count). The lowest BCUT2D eigenvalue weighted by molar-refractivity contribution is -0.127. The highest BCUT2D eigenvalue weighted by Crippen LogP contribution is 2.26. The number of ether oxygens (including phenoxy) is 1. The van der Waals surface area contributed by atoms with E-state index < -0.39 is 6.10 Å². The Morgan fingerprint density at radius 2 is 1.92 bits per heavy atom. The summed E-state index contributed by atoms with van der Waals surface area (Å²) < 4.78 is 6.84. The maximum Gasteiger partial charge on any atom is 0.261 e. The van der Waals surface area contributed by atoms with Gasteiger partial charge in [-0.1, -0.05) is 12.1 Å². The Kier molecular flexibility index (Phi) is 7.51. The number of benzene rings is 2. The molecule has 1 saturated heterocycles. The van der Waals surface area contributed by atoms with Crippen LogP contribution in [0.15, 0.2) is 41.5 Å². The number of aliphatic hydroxyl groups excluding tert-OH is 1. The topological polar surface area (TPSA) is 114 Å². The van der Waals surface area contributed by atoms with E-state index in [0.717, 1.165) is 22.3 Å². The van der Waals surface area contributed by atoms with Crippen molar-refractivity contribution < 1.29 is 19.4 Å². The summed E-state index contributed by atoms with van der Waals surface area (Å²) in [6.45, 7) is 4.62. The van der Waals surface area contributed by atoms with Crippen molar-refractivity contribution in [2.24, 2.45) is 0 Å². The minimum atomic E-state index is -0.751. The molecule has 190 valence electrons. The summed E-state index contributed by atoms with van der Waals surface area (Å²) in [6.07, 6.45) is 1.91. The van der Waals surface area contributed by atoms with E-state index in [-0.39, 0.29) is 36.6 Å². The van der Waals surface area contributed by atoms with Crippen LogP contribution in [-0.2, 0) is 16.0 Å². The summed E-state index contributed by atoms with van der Waals surface area (Å²) in [7, 11) is 3.28. The quantitative estimate of drug-likeness (QED) is 0.542. The number of carbonyl (C=O) groups is 2. The van der Waals surface area contributed by atoms with E-state index in [1.807, 2.05) is 32.0 Å². The minimum absolute atomic E-state index is 0.0559. The summed E-state index contributed by atoms with van der Waals surface area (Å²) in [5, 5.41) is 13.5. The average Bonchev–Trinajstić information content (AvgIpc) is 2.87. The smallest absolute Gasteiger partial charge is 0.261 e.